The fourth-order valence-electron chi connectivity index (χ4n) is 2.22. The van der Waals surface area contributed by atoms with Crippen molar-refractivity contribution in [1.82, 2.24) is 4.90 Å². The van der Waals surface area contributed by atoms with Crippen LogP contribution in [-0.4, -0.2) is 36.8 Å². The molecular weight excluding hydrogens is 184 g/mol. The van der Waals surface area contributed by atoms with E-state index in [1.807, 2.05) is 7.05 Å². The van der Waals surface area contributed by atoms with Gasteiger partial charge in [0, 0.05) is 24.8 Å². The summed E-state index contributed by atoms with van der Waals surface area (Å²) in [5.41, 5.74) is 1.30. The van der Waals surface area contributed by atoms with Gasteiger partial charge >= 0.3 is 0 Å². The number of rotatable bonds is 5. The molecule has 1 saturated carbocycles. The summed E-state index contributed by atoms with van der Waals surface area (Å²) >= 11 is 0. The predicted octanol–water partition coefficient (Wildman–Crippen LogP) is 2.98. The SMILES string of the molecule is CN=C(C)CCC1CC(N(C)C(C)C)C1. The van der Waals surface area contributed by atoms with Gasteiger partial charge in [0.1, 0.15) is 0 Å². The maximum atomic E-state index is 4.21. The van der Waals surface area contributed by atoms with Crippen LogP contribution in [0, 0.1) is 5.92 Å². The smallest absolute Gasteiger partial charge is 0.0276 e. The standard InChI is InChI=1S/C13H26N2/c1-10(2)15(5)13-8-12(9-13)7-6-11(3)14-4/h10,12-13H,6-9H2,1-5H3. The highest BCUT2D eigenvalue weighted by Gasteiger charge is 2.32. The van der Waals surface area contributed by atoms with E-state index in [2.05, 4.69) is 37.7 Å². The number of nitrogens with zero attached hydrogens (tertiary/aromatic N) is 2. The topological polar surface area (TPSA) is 15.6 Å². The van der Waals surface area contributed by atoms with Crippen molar-refractivity contribution in [3.8, 4) is 0 Å². The van der Waals surface area contributed by atoms with Crippen LogP contribution in [0.2, 0.25) is 0 Å². The van der Waals surface area contributed by atoms with E-state index in [0.29, 0.717) is 6.04 Å². The first-order valence-electron chi connectivity index (χ1n) is 6.18. The lowest BCUT2D eigenvalue weighted by molar-refractivity contribution is 0.0740. The molecule has 0 heterocycles. The summed E-state index contributed by atoms with van der Waals surface area (Å²) in [5, 5.41) is 0. The minimum Gasteiger partial charge on any atom is -0.301 e. The Morgan fingerprint density at radius 2 is 2.00 bits per heavy atom. The molecule has 0 amide bonds. The van der Waals surface area contributed by atoms with E-state index in [0.717, 1.165) is 12.0 Å². The summed E-state index contributed by atoms with van der Waals surface area (Å²) in [7, 11) is 4.15. The van der Waals surface area contributed by atoms with Crippen LogP contribution >= 0.6 is 0 Å². The van der Waals surface area contributed by atoms with E-state index in [4.69, 9.17) is 0 Å². The molecule has 0 aromatic carbocycles. The number of aliphatic imine (C=N–C) groups is 1. The maximum absolute atomic E-state index is 4.21. The van der Waals surface area contributed by atoms with Crippen LogP contribution in [0.15, 0.2) is 4.99 Å². The molecule has 0 saturated heterocycles. The molecule has 1 fully saturated rings. The van der Waals surface area contributed by atoms with E-state index < -0.39 is 0 Å². The molecule has 0 aliphatic heterocycles. The number of hydrogen-bond acceptors (Lipinski definition) is 2. The van der Waals surface area contributed by atoms with E-state index in [9.17, 15) is 0 Å². The van der Waals surface area contributed by atoms with Crippen LogP contribution in [0.4, 0.5) is 0 Å². The van der Waals surface area contributed by atoms with Crippen LogP contribution in [-0.2, 0) is 0 Å². The Morgan fingerprint density at radius 3 is 2.47 bits per heavy atom. The monoisotopic (exact) mass is 210 g/mol. The minimum atomic E-state index is 0.690. The zero-order valence-corrected chi connectivity index (χ0v) is 11.0. The third-order valence-corrected chi connectivity index (χ3v) is 3.90. The van der Waals surface area contributed by atoms with Crippen molar-refractivity contribution in [1.29, 1.82) is 0 Å². The Balaban J connectivity index is 2.15. The molecule has 0 atom stereocenters. The molecule has 0 aromatic rings. The van der Waals surface area contributed by atoms with E-state index in [-0.39, 0.29) is 0 Å². The summed E-state index contributed by atoms with van der Waals surface area (Å²) in [4.78, 5) is 6.72. The lowest BCUT2D eigenvalue weighted by Gasteiger charge is -2.43. The second kappa shape index (κ2) is 5.64. The van der Waals surface area contributed by atoms with Crippen molar-refractivity contribution in [2.75, 3.05) is 14.1 Å². The van der Waals surface area contributed by atoms with Gasteiger partial charge in [0.15, 0.2) is 0 Å². The zero-order chi connectivity index (χ0) is 11.4. The summed E-state index contributed by atoms with van der Waals surface area (Å²) < 4.78 is 0. The molecule has 2 nitrogen and oxygen atoms in total. The van der Waals surface area contributed by atoms with Crippen molar-refractivity contribution in [3.63, 3.8) is 0 Å². The normalized spacial score (nSPS) is 27.3. The van der Waals surface area contributed by atoms with Gasteiger partial charge in [0.2, 0.25) is 0 Å². The highest BCUT2D eigenvalue weighted by Crippen LogP contribution is 2.35. The van der Waals surface area contributed by atoms with E-state index in [1.54, 1.807) is 0 Å². The Kier molecular flexibility index (Phi) is 4.78. The second-order valence-corrected chi connectivity index (χ2v) is 5.25. The third kappa shape index (κ3) is 3.60. The van der Waals surface area contributed by atoms with Crippen molar-refractivity contribution >= 4 is 5.71 Å². The highest BCUT2D eigenvalue weighted by molar-refractivity contribution is 5.81. The van der Waals surface area contributed by atoms with Crippen molar-refractivity contribution < 1.29 is 0 Å². The molecule has 0 aromatic heterocycles. The Bertz CT molecular complexity index is 215. The molecule has 15 heavy (non-hydrogen) atoms. The first-order valence-corrected chi connectivity index (χ1v) is 6.18. The molecule has 0 N–H and O–H groups in total. The predicted molar refractivity (Wildman–Crippen MR) is 67.7 cm³/mol. The lowest BCUT2D eigenvalue weighted by Crippen LogP contribution is -2.45. The third-order valence-electron chi connectivity index (χ3n) is 3.90. The van der Waals surface area contributed by atoms with Gasteiger partial charge in [0.05, 0.1) is 0 Å². The van der Waals surface area contributed by atoms with Gasteiger partial charge in [-0.15, -0.1) is 0 Å². The molecule has 88 valence electrons. The van der Waals surface area contributed by atoms with Crippen LogP contribution in [0.25, 0.3) is 0 Å². The second-order valence-electron chi connectivity index (χ2n) is 5.25. The van der Waals surface area contributed by atoms with Gasteiger partial charge in [-0.3, -0.25) is 4.99 Å². The quantitative estimate of drug-likeness (QED) is 0.637. The summed E-state index contributed by atoms with van der Waals surface area (Å²) in [6.07, 6.45) is 5.32. The molecule has 0 spiro atoms. The van der Waals surface area contributed by atoms with Gasteiger partial charge in [-0.25, -0.2) is 0 Å². The van der Waals surface area contributed by atoms with Crippen LogP contribution in [0.3, 0.4) is 0 Å². The van der Waals surface area contributed by atoms with Gasteiger partial charge in [-0.05, 0) is 59.4 Å². The Hall–Kier alpha value is -0.370. The number of hydrogen-bond donors (Lipinski definition) is 0. The van der Waals surface area contributed by atoms with Crippen molar-refractivity contribution in [3.05, 3.63) is 0 Å². The van der Waals surface area contributed by atoms with Gasteiger partial charge in [0.25, 0.3) is 0 Å². The van der Waals surface area contributed by atoms with E-state index in [1.165, 1.54) is 31.4 Å². The van der Waals surface area contributed by atoms with Crippen LogP contribution in [0.5, 0.6) is 0 Å². The average molecular weight is 210 g/mol. The lowest BCUT2D eigenvalue weighted by atomic mass is 9.76. The Morgan fingerprint density at radius 1 is 1.40 bits per heavy atom. The summed E-state index contributed by atoms with van der Waals surface area (Å²) in [6, 6.07) is 1.53. The summed E-state index contributed by atoms with van der Waals surface area (Å²) in [5.74, 6) is 0.952. The van der Waals surface area contributed by atoms with Crippen molar-refractivity contribution in [2.45, 2.75) is 58.5 Å². The van der Waals surface area contributed by atoms with Crippen LogP contribution < -0.4 is 0 Å². The minimum absolute atomic E-state index is 0.690. The maximum Gasteiger partial charge on any atom is 0.0276 e. The summed E-state index contributed by atoms with van der Waals surface area (Å²) in [6.45, 7) is 6.69. The van der Waals surface area contributed by atoms with Gasteiger partial charge < -0.3 is 4.90 Å². The van der Waals surface area contributed by atoms with Gasteiger partial charge in [-0.2, -0.15) is 0 Å². The molecule has 1 aliphatic rings. The van der Waals surface area contributed by atoms with E-state index >= 15 is 0 Å². The molecule has 0 radical (unpaired) electrons. The molecule has 1 aliphatic carbocycles. The first kappa shape index (κ1) is 12.7. The molecule has 2 heteroatoms. The fraction of sp³-hybridized carbons (Fsp3) is 0.923. The molecular formula is C13H26N2. The molecule has 0 unspecified atom stereocenters. The average Bonchev–Trinajstić information content (AvgIpc) is 2.14. The fourth-order valence-corrected chi connectivity index (χ4v) is 2.22. The molecule has 1 rings (SSSR count). The highest BCUT2D eigenvalue weighted by atomic mass is 15.2. The van der Waals surface area contributed by atoms with Gasteiger partial charge in [-0.1, -0.05) is 0 Å². The largest absolute Gasteiger partial charge is 0.301 e. The molecule has 0 bridgehead atoms. The zero-order valence-electron chi connectivity index (χ0n) is 11.0. The van der Waals surface area contributed by atoms with Crippen molar-refractivity contribution in [2.24, 2.45) is 10.9 Å². The first-order chi connectivity index (χ1) is 7.04. The van der Waals surface area contributed by atoms with Crippen LogP contribution in [0.1, 0.15) is 46.5 Å². The Labute approximate surface area is 94.8 Å².